The summed E-state index contributed by atoms with van der Waals surface area (Å²) in [5.41, 5.74) is 3.00. The number of aromatic nitrogens is 2. The predicted molar refractivity (Wildman–Crippen MR) is 131 cm³/mol. The molecule has 0 aliphatic carbocycles. The number of Topliss-reactive ketones (excluding diaryl/α,β-unsaturated/α-hetero) is 1. The van der Waals surface area contributed by atoms with Crippen LogP contribution in [0.25, 0.3) is 21.1 Å². The van der Waals surface area contributed by atoms with E-state index >= 15 is 0 Å². The van der Waals surface area contributed by atoms with Gasteiger partial charge in [0.2, 0.25) is 0 Å². The summed E-state index contributed by atoms with van der Waals surface area (Å²) >= 11 is 1.86. The lowest BCUT2D eigenvalue weighted by molar-refractivity contribution is 0.101. The number of piperidine rings is 1. The Morgan fingerprint density at radius 2 is 1.97 bits per heavy atom. The Morgan fingerprint density at radius 1 is 1.16 bits per heavy atom. The van der Waals surface area contributed by atoms with Crippen LogP contribution < -0.4 is 4.74 Å². The van der Waals surface area contributed by atoms with Gasteiger partial charge in [-0.2, -0.15) is 0 Å². The highest BCUT2D eigenvalue weighted by atomic mass is 32.1. The molecule has 0 atom stereocenters. The van der Waals surface area contributed by atoms with E-state index < -0.39 is 0 Å². The van der Waals surface area contributed by atoms with Gasteiger partial charge >= 0.3 is 0 Å². The molecule has 1 fully saturated rings. The molecule has 1 saturated heterocycles. The van der Waals surface area contributed by atoms with Gasteiger partial charge < -0.3 is 14.2 Å². The van der Waals surface area contributed by atoms with Gasteiger partial charge in [-0.1, -0.05) is 12.1 Å². The third kappa shape index (κ3) is 4.17. The van der Waals surface area contributed by atoms with Crippen LogP contribution in [-0.2, 0) is 6.54 Å². The van der Waals surface area contributed by atoms with Crippen molar-refractivity contribution in [2.24, 2.45) is 0 Å². The SMILES string of the molecule is COc1ccc2c(C(C)=O)cn(CCCN3CCC(c4nc5ccccc5s4)CC3)c2c1. The van der Waals surface area contributed by atoms with Crippen LogP contribution in [0.5, 0.6) is 5.75 Å². The second kappa shape index (κ2) is 9.04. The number of thiazole rings is 1. The number of hydrogen-bond acceptors (Lipinski definition) is 5. The highest BCUT2D eigenvalue weighted by molar-refractivity contribution is 7.18. The smallest absolute Gasteiger partial charge is 0.161 e. The maximum atomic E-state index is 12.1. The number of aryl methyl sites for hydroxylation is 1. The molecule has 1 aliphatic rings. The third-order valence-electron chi connectivity index (χ3n) is 6.59. The number of ether oxygens (including phenoxy) is 1. The molecule has 0 bridgehead atoms. The van der Waals surface area contributed by atoms with Crippen molar-refractivity contribution >= 4 is 38.2 Å². The zero-order valence-corrected chi connectivity index (χ0v) is 19.5. The lowest BCUT2D eigenvalue weighted by Crippen LogP contribution is -2.34. The summed E-state index contributed by atoms with van der Waals surface area (Å²) in [6, 6.07) is 14.4. The van der Waals surface area contributed by atoms with Crippen molar-refractivity contribution in [2.45, 2.75) is 38.6 Å². The number of para-hydroxylation sites is 1. The lowest BCUT2D eigenvalue weighted by atomic mass is 9.97. The van der Waals surface area contributed by atoms with E-state index in [0.29, 0.717) is 5.92 Å². The third-order valence-corrected chi connectivity index (χ3v) is 7.79. The first kappa shape index (κ1) is 21.2. The Hall–Kier alpha value is -2.70. The van der Waals surface area contributed by atoms with Crippen molar-refractivity contribution in [3.05, 3.63) is 59.2 Å². The average molecular weight is 448 g/mol. The van der Waals surface area contributed by atoms with Crippen LogP contribution in [-0.4, -0.2) is 47.0 Å². The summed E-state index contributed by atoms with van der Waals surface area (Å²) in [6.07, 6.45) is 5.42. The normalized spacial score (nSPS) is 15.6. The number of methoxy groups -OCH3 is 1. The fourth-order valence-corrected chi connectivity index (χ4v) is 5.93. The maximum Gasteiger partial charge on any atom is 0.161 e. The number of rotatable bonds is 7. The molecular weight excluding hydrogens is 418 g/mol. The number of ketones is 1. The molecule has 1 aliphatic heterocycles. The first-order valence-corrected chi connectivity index (χ1v) is 12.2. The Labute approximate surface area is 192 Å². The van der Waals surface area contributed by atoms with Gasteiger partial charge in [-0.15, -0.1) is 11.3 Å². The molecule has 5 nitrogen and oxygen atoms in total. The number of hydrogen-bond donors (Lipinski definition) is 0. The molecule has 0 unspecified atom stereocenters. The second-order valence-electron chi connectivity index (χ2n) is 8.66. The number of nitrogens with zero attached hydrogens (tertiary/aromatic N) is 3. The molecule has 0 saturated carbocycles. The summed E-state index contributed by atoms with van der Waals surface area (Å²) in [6.45, 7) is 5.86. The molecule has 0 spiro atoms. The molecule has 2 aromatic heterocycles. The van der Waals surface area contributed by atoms with E-state index in [4.69, 9.17) is 9.72 Å². The monoisotopic (exact) mass is 447 g/mol. The molecule has 32 heavy (non-hydrogen) atoms. The van der Waals surface area contributed by atoms with Gasteiger partial charge in [0.1, 0.15) is 5.75 Å². The summed E-state index contributed by atoms with van der Waals surface area (Å²) in [7, 11) is 1.68. The highest BCUT2D eigenvalue weighted by Gasteiger charge is 2.23. The molecule has 6 heteroatoms. The molecular formula is C26H29N3O2S. The topological polar surface area (TPSA) is 47.4 Å². The minimum Gasteiger partial charge on any atom is -0.497 e. The van der Waals surface area contributed by atoms with Crippen LogP contribution in [0.3, 0.4) is 0 Å². The standard InChI is InChI=1S/C26H29N3O2S/c1-18(30)22-17-29(24-16-20(31-2)8-9-21(22)24)13-5-12-28-14-10-19(11-15-28)26-27-23-6-3-4-7-25(23)32-26/h3-4,6-9,16-17,19H,5,10-15H2,1-2H3. The Bertz CT molecular complexity index is 1220. The summed E-state index contributed by atoms with van der Waals surface area (Å²) in [4.78, 5) is 19.5. The van der Waals surface area contributed by atoms with Crippen molar-refractivity contribution in [2.75, 3.05) is 26.7 Å². The first-order valence-electron chi connectivity index (χ1n) is 11.4. The molecule has 0 radical (unpaired) electrons. The predicted octanol–water partition coefficient (Wildman–Crippen LogP) is 5.73. The Kier molecular flexibility index (Phi) is 5.98. The van der Waals surface area contributed by atoms with E-state index in [2.05, 4.69) is 33.7 Å². The van der Waals surface area contributed by atoms with E-state index in [1.807, 2.05) is 35.7 Å². The summed E-state index contributed by atoms with van der Waals surface area (Å²) in [5.74, 6) is 1.52. The van der Waals surface area contributed by atoms with E-state index in [-0.39, 0.29) is 5.78 Å². The van der Waals surface area contributed by atoms with Crippen molar-refractivity contribution in [3.8, 4) is 5.75 Å². The van der Waals surface area contributed by atoms with Gasteiger partial charge in [0.25, 0.3) is 0 Å². The lowest BCUT2D eigenvalue weighted by Gasteiger charge is -2.31. The molecule has 166 valence electrons. The number of benzene rings is 2. The fraction of sp³-hybridized carbons (Fsp3) is 0.385. The zero-order valence-electron chi connectivity index (χ0n) is 18.7. The van der Waals surface area contributed by atoms with Crippen molar-refractivity contribution in [1.82, 2.24) is 14.5 Å². The van der Waals surface area contributed by atoms with Gasteiger partial charge in [0, 0.05) is 35.7 Å². The van der Waals surface area contributed by atoms with Crippen LogP contribution in [0.4, 0.5) is 0 Å². The van der Waals surface area contributed by atoms with Crippen LogP contribution in [0.1, 0.15) is 47.5 Å². The molecule has 3 heterocycles. The largest absolute Gasteiger partial charge is 0.497 e. The molecule has 0 amide bonds. The van der Waals surface area contributed by atoms with E-state index in [0.717, 1.165) is 60.3 Å². The van der Waals surface area contributed by atoms with E-state index in [1.54, 1.807) is 14.0 Å². The van der Waals surface area contributed by atoms with E-state index in [9.17, 15) is 4.79 Å². The van der Waals surface area contributed by atoms with Gasteiger partial charge in [-0.05, 0) is 70.1 Å². The maximum absolute atomic E-state index is 12.1. The van der Waals surface area contributed by atoms with Crippen molar-refractivity contribution in [1.29, 1.82) is 0 Å². The van der Waals surface area contributed by atoms with Crippen LogP contribution >= 0.6 is 11.3 Å². The minimum absolute atomic E-state index is 0.107. The van der Waals surface area contributed by atoms with Crippen LogP contribution in [0, 0.1) is 0 Å². The summed E-state index contributed by atoms with van der Waals surface area (Å²) in [5, 5.41) is 2.31. The van der Waals surface area contributed by atoms with Crippen molar-refractivity contribution in [3.63, 3.8) is 0 Å². The summed E-state index contributed by atoms with van der Waals surface area (Å²) < 4.78 is 8.91. The Morgan fingerprint density at radius 3 is 2.72 bits per heavy atom. The molecule has 5 rings (SSSR count). The number of carbonyl (C=O) groups is 1. The van der Waals surface area contributed by atoms with Gasteiger partial charge in [-0.3, -0.25) is 4.79 Å². The number of likely N-dealkylation sites (tertiary alicyclic amines) is 1. The molecule has 4 aromatic rings. The zero-order chi connectivity index (χ0) is 22.1. The quantitative estimate of drug-likeness (QED) is 0.339. The molecule has 0 N–H and O–H groups in total. The van der Waals surface area contributed by atoms with Gasteiger partial charge in [0.05, 0.1) is 27.9 Å². The van der Waals surface area contributed by atoms with E-state index in [1.165, 1.54) is 22.5 Å². The number of fused-ring (bicyclic) bond motifs is 2. The highest BCUT2D eigenvalue weighted by Crippen LogP contribution is 2.34. The minimum atomic E-state index is 0.107. The fourth-order valence-electron chi connectivity index (χ4n) is 4.80. The second-order valence-corrected chi connectivity index (χ2v) is 9.73. The number of carbonyl (C=O) groups excluding carboxylic acids is 1. The van der Waals surface area contributed by atoms with Crippen molar-refractivity contribution < 1.29 is 9.53 Å². The van der Waals surface area contributed by atoms with Gasteiger partial charge in [0.15, 0.2) is 5.78 Å². The average Bonchev–Trinajstić information content (AvgIpc) is 3.41. The van der Waals surface area contributed by atoms with Gasteiger partial charge in [-0.25, -0.2) is 4.98 Å². The van der Waals surface area contributed by atoms with Crippen LogP contribution in [0.15, 0.2) is 48.7 Å². The van der Waals surface area contributed by atoms with Crippen LogP contribution in [0.2, 0.25) is 0 Å². The first-order chi connectivity index (χ1) is 15.6. The Balaban J connectivity index is 1.19. The molecule has 2 aromatic carbocycles.